The van der Waals surface area contributed by atoms with Gasteiger partial charge in [-0.25, -0.2) is 9.97 Å². The van der Waals surface area contributed by atoms with Crippen molar-refractivity contribution in [1.29, 1.82) is 0 Å². The van der Waals surface area contributed by atoms with Gasteiger partial charge in [0.05, 0.1) is 6.10 Å². The third-order valence-corrected chi connectivity index (χ3v) is 2.60. The van der Waals surface area contributed by atoms with Crippen LogP contribution < -0.4 is 0 Å². The van der Waals surface area contributed by atoms with E-state index < -0.39 is 6.10 Å². The highest BCUT2D eigenvalue weighted by atomic mass is 16.5. The van der Waals surface area contributed by atoms with Crippen LogP contribution in [0.1, 0.15) is 50.1 Å². The van der Waals surface area contributed by atoms with Crippen molar-refractivity contribution in [3.8, 4) is 0 Å². The van der Waals surface area contributed by atoms with Crippen LogP contribution >= 0.6 is 0 Å². The van der Waals surface area contributed by atoms with Crippen molar-refractivity contribution < 1.29 is 9.84 Å². The van der Waals surface area contributed by atoms with E-state index in [4.69, 9.17) is 4.74 Å². The van der Waals surface area contributed by atoms with Gasteiger partial charge in [-0.1, -0.05) is 13.8 Å². The molecule has 0 aliphatic rings. The minimum atomic E-state index is -0.533. The third kappa shape index (κ3) is 2.77. The summed E-state index contributed by atoms with van der Waals surface area (Å²) in [4.78, 5) is 8.65. The van der Waals surface area contributed by atoms with E-state index in [1.165, 1.54) is 0 Å². The number of ether oxygens (including phenoxy) is 1. The van der Waals surface area contributed by atoms with Crippen molar-refractivity contribution in [2.24, 2.45) is 5.92 Å². The largest absolute Gasteiger partial charge is 0.389 e. The molecule has 1 N–H and O–H groups in total. The van der Waals surface area contributed by atoms with Crippen LogP contribution in [0.4, 0.5) is 0 Å². The Morgan fingerprint density at radius 3 is 2.31 bits per heavy atom. The molecule has 0 aliphatic heterocycles. The third-order valence-electron chi connectivity index (χ3n) is 2.60. The highest BCUT2D eigenvalue weighted by Crippen LogP contribution is 2.23. The zero-order valence-electron chi connectivity index (χ0n) is 10.6. The van der Waals surface area contributed by atoms with Gasteiger partial charge >= 0.3 is 0 Å². The molecule has 0 bridgehead atoms. The van der Waals surface area contributed by atoms with Crippen molar-refractivity contribution >= 4 is 0 Å². The summed E-state index contributed by atoms with van der Waals surface area (Å²) in [5, 5.41) is 9.49. The minimum Gasteiger partial charge on any atom is -0.389 e. The van der Waals surface area contributed by atoms with E-state index in [0.717, 1.165) is 11.3 Å². The molecule has 0 amide bonds. The molecule has 1 aromatic heterocycles. The number of methoxy groups -OCH3 is 1. The standard InChI is InChI=1S/C12H20N2O2/c1-7(2)11(16-5)12-13-6-10(9(4)15)8(3)14-12/h6-7,9,11,15H,1-5H3. The smallest absolute Gasteiger partial charge is 0.157 e. The van der Waals surface area contributed by atoms with Crippen LogP contribution in [0.5, 0.6) is 0 Å². The SMILES string of the molecule is COC(c1ncc(C(C)O)c(C)n1)C(C)C. The Morgan fingerprint density at radius 1 is 1.31 bits per heavy atom. The maximum absolute atomic E-state index is 9.49. The van der Waals surface area contributed by atoms with Gasteiger partial charge in [0.1, 0.15) is 6.10 Å². The predicted octanol–water partition coefficient (Wildman–Crippen LogP) is 2.18. The van der Waals surface area contributed by atoms with E-state index >= 15 is 0 Å². The van der Waals surface area contributed by atoms with E-state index in [0.29, 0.717) is 11.7 Å². The molecule has 0 radical (unpaired) electrons. The van der Waals surface area contributed by atoms with Crippen molar-refractivity contribution in [2.75, 3.05) is 7.11 Å². The molecule has 2 unspecified atom stereocenters. The molecule has 1 heterocycles. The van der Waals surface area contributed by atoms with Gasteiger partial charge < -0.3 is 9.84 Å². The van der Waals surface area contributed by atoms with Gasteiger partial charge in [0, 0.05) is 24.6 Å². The van der Waals surface area contributed by atoms with Crippen LogP contribution in [0.25, 0.3) is 0 Å². The molecular formula is C12H20N2O2. The lowest BCUT2D eigenvalue weighted by atomic mass is 10.1. The second-order valence-electron chi connectivity index (χ2n) is 4.35. The first-order valence-electron chi connectivity index (χ1n) is 5.51. The molecule has 1 rings (SSSR count). The molecule has 0 aliphatic carbocycles. The molecule has 0 fully saturated rings. The first-order chi connectivity index (χ1) is 7.47. The van der Waals surface area contributed by atoms with Gasteiger partial charge in [0.2, 0.25) is 0 Å². The highest BCUT2D eigenvalue weighted by Gasteiger charge is 2.19. The first kappa shape index (κ1) is 13.1. The summed E-state index contributed by atoms with van der Waals surface area (Å²) in [6, 6.07) is 0. The van der Waals surface area contributed by atoms with Crippen LogP contribution in [0.2, 0.25) is 0 Å². The van der Waals surface area contributed by atoms with Crippen molar-refractivity contribution in [3.05, 3.63) is 23.3 Å². The number of aromatic nitrogens is 2. The average Bonchev–Trinajstić information content (AvgIpc) is 2.17. The summed E-state index contributed by atoms with van der Waals surface area (Å²) in [6.07, 6.45) is 1.05. The van der Waals surface area contributed by atoms with Gasteiger partial charge in [0.25, 0.3) is 0 Å². The lowest BCUT2D eigenvalue weighted by molar-refractivity contribution is 0.0571. The quantitative estimate of drug-likeness (QED) is 0.851. The fraction of sp³-hybridized carbons (Fsp3) is 0.667. The van der Waals surface area contributed by atoms with Crippen molar-refractivity contribution in [2.45, 2.75) is 39.9 Å². The molecule has 1 aromatic rings. The maximum atomic E-state index is 9.49. The van der Waals surface area contributed by atoms with E-state index in [1.54, 1.807) is 20.2 Å². The number of hydrogen-bond donors (Lipinski definition) is 1. The topological polar surface area (TPSA) is 55.2 Å². The summed E-state index contributed by atoms with van der Waals surface area (Å²) in [5.74, 6) is 1.00. The molecule has 4 nitrogen and oxygen atoms in total. The summed E-state index contributed by atoms with van der Waals surface area (Å²) < 4.78 is 5.37. The van der Waals surface area contributed by atoms with Gasteiger partial charge in [0.15, 0.2) is 5.82 Å². The number of aliphatic hydroxyl groups excluding tert-OH is 1. The zero-order valence-corrected chi connectivity index (χ0v) is 10.6. The Balaban J connectivity index is 3.04. The lowest BCUT2D eigenvalue weighted by Gasteiger charge is -2.19. The van der Waals surface area contributed by atoms with Crippen LogP contribution in [0.3, 0.4) is 0 Å². The fourth-order valence-corrected chi connectivity index (χ4v) is 1.72. The van der Waals surface area contributed by atoms with E-state index in [-0.39, 0.29) is 6.10 Å². The summed E-state index contributed by atoms with van der Waals surface area (Å²) >= 11 is 0. The molecule has 90 valence electrons. The molecule has 0 saturated heterocycles. The van der Waals surface area contributed by atoms with Crippen molar-refractivity contribution in [3.63, 3.8) is 0 Å². The summed E-state index contributed by atoms with van der Waals surface area (Å²) in [7, 11) is 1.66. The Labute approximate surface area is 96.7 Å². The van der Waals surface area contributed by atoms with E-state index in [2.05, 4.69) is 23.8 Å². The first-order valence-corrected chi connectivity index (χ1v) is 5.51. The maximum Gasteiger partial charge on any atom is 0.157 e. The van der Waals surface area contributed by atoms with Crippen LogP contribution in [0, 0.1) is 12.8 Å². The molecule has 2 atom stereocenters. The number of aliphatic hydroxyl groups is 1. The fourth-order valence-electron chi connectivity index (χ4n) is 1.72. The number of nitrogens with zero attached hydrogens (tertiary/aromatic N) is 2. The Morgan fingerprint density at radius 2 is 1.94 bits per heavy atom. The van der Waals surface area contributed by atoms with Gasteiger partial charge in [-0.3, -0.25) is 0 Å². The molecular weight excluding hydrogens is 204 g/mol. The zero-order chi connectivity index (χ0) is 12.3. The Bertz CT molecular complexity index is 351. The van der Waals surface area contributed by atoms with E-state index in [9.17, 15) is 5.11 Å². The normalized spacial score (nSPS) is 15.2. The second-order valence-corrected chi connectivity index (χ2v) is 4.35. The molecule has 16 heavy (non-hydrogen) atoms. The molecule has 0 spiro atoms. The van der Waals surface area contributed by atoms with E-state index in [1.807, 2.05) is 6.92 Å². The minimum absolute atomic E-state index is 0.0956. The highest BCUT2D eigenvalue weighted by molar-refractivity contribution is 5.19. The Hall–Kier alpha value is -1.00. The summed E-state index contributed by atoms with van der Waals surface area (Å²) in [6.45, 7) is 7.72. The summed E-state index contributed by atoms with van der Waals surface area (Å²) in [5.41, 5.74) is 1.57. The average molecular weight is 224 g/mol. The second kappa shape index (κ2) is 5.37. The Kier molecular flexibility index (Phi) is 4.38. The van der Waals surface area contributed by atoms with Crippen LogP contribution in [0.15, 0.2) is 6.20 Å². The molecule has 4 heteroatoms. The number of aryl methyl sites for hydroxylation is 1. The molecule has 0 aromatic carbocycles. The molecule has 0 saturated carbocycles. The van der Waals surface area contributed by atoms with Crippen molar-refractivity contribution in [1.82, 2.24) is 9.97 Å². The van der Waals surface area contributed by atoms with Crippen LogP contribution in [-0.4, -0.2) is 22.2 Å². The number of rotatable bonds is 4. The lowest BCUT2D eigenvalue weighted by Crippen LogP contribution is -2.14. The predicted molar refractivity (Wildman–Crippen MR) is 62.0 cm³/mol. The number of hydrogen-bond acceptors (Lipinski definition) is 4. The van der Waals surface area contributed by atoms with Gasteiger partial charge in [-0.15, -0.1) is 0 Å². The van der Waals surface area contributed by atoms with Gasteiger partial charge in [-0.2, -0.15) is 0 Å². The van der Waals surface area contributed by atoms with Gasteiger partial charge in [-0.05, 0) is 19.8 Å². The van der Waals surface area contributed by atoms with Crippen LogP contribution in [-0.2, 0) is 4.74 Å². The monoisotopic (exact) mass is 224 g/mol.